The van der Waals surface area contributed by atoms with Crippen LogP contribution in [0.3, 0.4) is 0 Å². The van der Waals surface area contributed by atoms with Crippen LogP contribution < -0.4 is 24.5 Å². The number of hydrogen-bond donors (Lipinski definition) is 2. The van der Waals surface area contributed by atoms with E-state index in [4.69, 9.17) is 9.47 Å². The highest BCUT2D eigenvalue weighted by Crippen LogP contribution is 2.26. The third-order valence-corrected chi connectivity index (χ3v) is 6.85. The Labute approximate surface area is 221 Å². The molecule has 3 aromatic carbocycles. The lowest BCUT2D eigenvalue weighted by Crippen LogP contribution is -2.39. The van der Waals surface area contributed by atoms with Crippen LogP contribution in [0.4, 0.5) is 11.4 Å². The summed E-state index contributed by atoms with van der Waals surface area (Å²) >= 11 is 0. The molecule has 0 spiro atoms. The molecule has 0 aliphatic carbocycles. The van der Waals surface area contributed by atoms with E-state index in [2.05, 4.69) is 22.4 Å². The van der Waals surface area contributed by atoms with Gasteiger partial charge in [-0.3, -0.25) is 13.9 Å². The number of hydrogen-bond acceptors (Lipinski definition) is 7. The predicted octanol–water partition coefficient (Wildman–Crippen LogP) is 3.56. The maximum atomic E-state index is 13.5. The van der Waals surface area contributed by atoms with Gasteiger partial charge in [-0.05, 0) is 78.4 Å². The number of sulfonamides is 1. The van der Waals surface area contributed by atoms with Gasteiger partial charge >= 0.3 is 0 Å². The average Bonchev–Trinajstić information content (AvgIpc) is 2.91. The van der Waals surface area contributed by atoms with Crippen LogP contribution in [-0.4, -0.2) is 46.7 Å². The highest BCUT2D eigenvalue weighted by atomic mass is 32.2. The Kier molecular flexibility index (Phi) is 9.60. The molecule has 0 aliphatic rings. The molecule has 0 unspecified atom stereocenters. The second-order valence-electron chi connectivity index (χ2n) is 7.88. The molecule has 3 aromatic rings. The number of nitrogens with zero attached hydrogens (tertiary/aromatic N) is 2. The van der Waals surface area contributed by atoms with E-state index in [0.29, 0.717) is 29.4 Å². The maximum absolute atomic E-state index is 13.5. The number of rotatable bonds is 12. The maximum Gasteiger partial charge on any atom is 0.264 e. The highest BCUT2D eigenvalue weighted by molar-refractivity contribution is 7.92. The normalized spacial score (nSPS) is 11.0. The Morgan fingerprint density at radius 1 is 0.974 bits per heavy atom. The minimum atomic E-state index is -4.16. The fraction of sp³-hybridized carbons (Fsp3) is 0.148. The van der Waals surface area contributed by atoms with Gasteiger partial charge in [0.1, 0.15) is 24.7 Å². The third-order valence-electron chi connectivity index (χ3n) is 5.06. The summed E-state index contributed by atoms with van der Waals surface area (Å²) in [6, 6.07) is 18.9. The SMILES string of the molecule is C=CCOc1ccc(/C=N\NC(=O)CN(c2ccc(OC)cc2)S(=O)(=O)c2ccc(NC(C)=O)cc2)cc1. The van der Waals surface area contributed by atoms with Gasteiger partial charge in [0, 0.05) is 12.6 Å². The first-order valence-corrected chi connectivity index (χ1v) is 12.9. The largest absolute Gasteiger partial charge is 0.497 e. The number of ether oxygens (including phenoxy) is 2. The first-order chi connectivity index (χ1) is 18.2. The summed E-state index contributed by atoms with van der Waals surface area (Å²) < 4.78 is 38.6. The van der Waals surface area contributed by atoms with Gasteiger partial charge in [0.25, 0.3) is 15.9 Å². The van der Waals surface area contributed by atoms with E-state index in [0.717, 1.165) is 4.31 Å². The molecule has 2 amide bonds. The molecule has 11 heteroatoms. The topological polar surface area (TPSA) is 126 Å². The number of carbonyl (C=O) groups is 2. The Balaban J connectivity index is 1.78. The van der Waals surface area contributed by atoms with Crippen LogP contribution in [0.5, 0.6) is 11.5 Å². The molecule has 10 nitrogen and oxygen atoms in total. The highest BCUT2D eigenvalue weighted by Gasteiger charge is 2.27. The number of carbonyl (C=O) groups excluding carboxylic acids is 2. The van der Waals surface area contributed by atoms with E-state index in [1.807, 2.05) is 0 Å². The quantitative estimate of drug-likeness (QED) is 0.207. The van der Waals surface area contributed by atoms with Crippen LogP contribution in [-0.2, 0) is 19.6 Å². The summed E-state index contributed by atoms with van der Waals surface area (Å²) in [7, 11) is -2.66. The fourth-order valence-corrected chi connectivity index (χ4v) is 4.68. The van der Waals surface area contributed by atoms with Crippen molar-refractivity contribution in [3.05, 3.63) is 91.0 Å². The molecule has 38 heavy (non-hydrogen) atoms. The summed E-state index contributed by atoms with van der Waals surface area (Å²) in [5.41, 5.74) is 3.77. The standard InChI is InChI=1S/C27H28N4O6S/c1-4-17-37-25-11-5-21(6-12-25)18-28-30-27(33)19-31(23-9-13-24(36-3)14-10-23)38(34,35)26-15-7-22(8-16-26)29-20(2)32/h4-16,18H,1,17,19H2,2-3H3,(H,29,32)(H,30,33)/b28-18-. The summed E-state index contributed by atoms with van der Waals surface area (Å²) in [6.07, 6.45) is 3.07. The van der Waals surface area contributed by atoms with Gasteiger partial charge in [-0.1, -0.05) is 12.7 Å². The smallest absolute Gasteiger partial charge is 0.264 e. The van der Waals surface area contributed by atoms with Gasteiger partial charge in [-0.2, -0.15) is 5.10 Å². The Bertz CT molecular complexity index is 1390. The lowest BCUT2D eigenvalue weighted by molar-refractivity contribution is -0.119. The van der Waals surface area contributed by atoms with Crippen molar-refractivity contribution in [2.24, 2.45) is 5.10 Å². The number of hydrazone groups is 1. The van der Waals surface area contributed by atoms with E-state index in [1.165, 1.54) is 56.6 Å². The summed E-state index contributed by atoms with van der Waals surface area (Å²) in [4.78, 5) is 24.0. The lowest BCUT2D eigenvalue weighted by Gasteiger charge is -2.24. The predicted molar refractivity (Wildman–Crippen MR) is 146 cm³/mol. The van der Waals surface area contributed by atoms with Gasteiger partial charge in [-0.15, -0.1) is 0 Å². The molecule has 198 valence electrons. The first-order valence-electron chi connectivity index (χ1n) is 11.4. The molecular formula is C27H28N4O6S. The minimum Gasteiger partial charge on any atom is -0.497 e. The van der Waals surface area contributed by atoms with Gasteiger partial charge in [-0.25, -0.2) is 13.8 Å². The second-order valence-corrected chi connectivity index (χ2v) is 9.74. The summed E-state index contributed by atoms with van der Waals surface area (Å²) in [5.74, 6) is 0.258. The zero-order valence-electron chi connectivity index (χ0n) is 21.0. The molecule has 0 atom stereocenters. The summed E-state index contributed by atoms with van der Waals surface area (Å²) in [5, 5.41) is 6.52. The van der Waals surface area contributed by atoms with Gasteiger partial charge in [0.05, 0.1) is 23.9 Å². The van der Waals surface area contributed by atoms with Gasteiger partial charge in [0.2, 0.25) is 5.91 Å². The molecular weight excluding hydrogens is 508 g/mol. The Hall–Kier alpha value is -4.64. The molecule has 0 saturated carbocycles. The van der Waals surface area contributed by atoms with Crippen molar-refractivity contribution in [2.45, 2.75) is 11.8 Å². The zero-order valence-corrected chi connectivity index (χ0v) is 21.8. The number of nitrogens with one attached hydrogen (secondary N) is 2. The van der Waals surface area contributed by atoms with E-state index in [9.17, 15) is 18.0 Å². The van der Waals surface area contributed by atoms with Gasteiger partial charge < -0.3 is 14.8 Å². The second kappa shape index (κ2) is 13.1. The zero-order chi connectivity index (χ0) is 27.5. The minimum absolute atomic E-state index is 0.0579. The fourth-order valence-electron chi connectivity index (χ4n) is 3.25. The van der Waals surface area contributed by atoms with Crippen molar-refractivity contribution in [2.75, 3.05) is 29.9 Å². The monoisotopic (exact) mass is 536 g/mol. The van der Waals surface area contributed by atoms with Crippen molar-refractivity contribution in [1.82, 2.24) is 5.43 Å². The van der Waals surface area contributed by atoms with Crippen LogP contribution in [0.15, 0.2) is 95.4 Å². The molecule has 0 heterocycles. The van der Waals surface area contributed by atoms with Crippen molar-refractivity contribution in [3.63, 3.8) is 0 Å². The van der Waals surface area contributed by atoms with Crippen molar-refractivity contribution in [1.29, 1.82) is 0 Å². The molecule has 0 radical (unpaired) electrons. The molecule has 2 N–H and O–H groups in total. The molecule has 0 aromatic heterocycles. The molecule has 0 fully saturated rings. The first kappa shape index (κ1) is 27.9. The van der Waals surface area contributed by atoms with E-state index in [-0.39, 0.29) is 16.5 Å². The molecule has 3 rings (SSSR count). The van der Waals surface area contributed by atoms with Crippen molar-refractivity contribution >= 4 is 39.4 Å². The number of anilines is 2. The van der Waals surface area contributed by atoms with Crippen LogP contribution in [0.25, 0.3) is 0 Å². The van der Waals surface area contributed by atoms with Crippen molar-refractivity contribution < 1.29 is 27.5 Å². The molecule has 0 aliphatic heterocycles. The van der Waals surface area contributed by atoms with Crippen LogP contribution in [0.2, 0.25) is 0 Å². The van der Waals surface area contributed by atoms with Crippen LogP contribution in [0.1, 0.15) is 12.5 Å². The number of methoxy groups -OCH3 is 1. The van der Waals surface area contributed by atoms with Gasteiger partial charge in [0.15, 0.2) is 0 Å². The van der Waals surface area contributed by atoms with Crippen LogP contribution in [0, 0.1) is 0 Å². The van der Waals surface area contributed by atoms with E-state index >= 15 is 0 Å². The lowest BCUT2D eigenvalue weighted by atomic mass is 10.2. The Morgan fingerprint density at radius 3 is 2.18 bits per heavy atom. The third kappa shape index (κ3) is 7.68. The number of benzene rings is 3. The van der Waals surface area contributed by atoms with Crippen molar-refractivity contribution in [3.8, 4) is 11.5 Å². The van der Waals surface area contributed by atoms with E-state index in [1.54, 1.807) is 42.5 Å². The molecule has 0 bridgehead atoms. The molecule has 0 saturated heterocycles. The number of amides is 2. The van der Waals surface area contributed by atoms with E-state index < -0.39 is 22.5 Å². The Morgan fingerprint density at radius 2 is 1.61 bits per heavy atom. The average molecular weight is 537 g/mol. The van der Waals surface area contributed by atoms with Crippen LogP contribution >= 0.6 is 0 Å². The summed E-state index contributed by atoms with van der Waals surface area (Å²) in [6.45, 7) is 4.80.